The number of aryl methyl sites for hydroxylation is 1. The molecular weight excluding hydrogens is 330 g/mol. The molecule has 0 atom stereocenters. The second-order valence-corrected chi connectivity index (χ2v) is 6.59. The van der Waals surface area contributed by atoms with Crippen molar-refractivity contribution in [1.82, 2.24) is 0 Å². The number of furan rings is 1. The number of benzene rings is 2. The lowest BCUT2D eigenvalue weighted by molar-refractivity contribution is -0.117. The average molecular weight is 349 g/mol. The molecule has 1 saturated carbocycles. The van der Waals surface area contributed by atoms with Crippen LogP contribution in [0.5, 0.6) is 5.75 Å². The minimum absolute atomic E-state index is 0.0539. The van der Waals surface area contributed by atoms with Crippen LogP contribution in [-0.2, 0) is 4.79 Å². The van der Waals surface area contributed by atoms with Gasteiger partial charge >= 0.3 is 0 Å². The molecule has 3 aromatic rings. The van der Waals surface area contributed by atoms with Gasteiger partial charge in [0.05, 0.1) is 7.11 Å². The molecule has 0 unspecified atom stereocenters. The summed E-state index contributed by atoms with van der Waals surface area (Å²) in [5, 5.41) is 3.75. The zero-order valence-electron chi connectivity index (χ0n) is 14.7. The molecule has 5 nitrogen and oxygen atoms in total. The fourth-order valence-corrected chi connectivity index (χ4v) is 3.00. The number of fused-ring (bicyclic) bond motifs is 1. The van der Waals surface area contributed by atoms with Gasteiger partial charge in [-0.05, 0) is 50.1 Å². The lowest BCUT2D eigenvalue weighted by atomic mass is 10.0. The summed E-state index contributed by atoms with van der Waals surface area (Å²) in [6, 6.07) is 12.4. The second kappa shape index (κ2) is 6.33. The van der Waals surface area contributed by atoms with Gasteiger partial charge in [-0.15, -0.1) is 0 Å². The Kier molecular flexibility index (Phi) is 3.99. The first-order chi connectivity index (χ1) is 12.6. The van der Waals surface area contributed by atoms with E-state index in [9.17, 15) is 9.59 Å². The summed E-state index contributed by atoms with van der Waals surface area (Å²) in [7, 11) is 1.56. The summed E-state index contributed by atoms with van der Waals surface area (Å²) < 4.78 is 11.0. The third-order valence-electron chi connectivity index (χ3n) is 4.69. The fourth-order valence-electron chi connectivity index (χ4n) is 3.00. The largest absolute Gasteiger partial charge is 0.497 e. The van der Waals surface area contributed by atoms with Gasteiger partial charge in [0.1, 0.15) is 11.3 Å². The number of nitrogens with one attached hydrogen (secondary N) is 1. The Bertz CT molecular complexity index is 1010. The maximum Gasteiger partial charge on any atom is 0.228 e. The van der Waals surface area contributed by atoms with Crippen LogP contribution in [0.3, 0.4) is 0 Å². The molecule has 1 aliphatic rings. The predicted octanol–water partition coefficient (Wildman–Crippen LogP) is 4.33. The van der Waals surface area contributed by atoms with E-state index in [2.05, 4.69) is 5.32 Å². The lowest BCUT2D eigenvalue weighted by Crippen LogP contribution is -2.12. The van der Waals surface area contributed by atoms with Crippen molar-refractivity contribution in [2.75, 3.05) is 12.4 Å². The predicted molar refractivity (Wildman–Crippen MR) is 98.7 cm³/mol. The number of hydrogen-bond acceptors (Lipinski definition) is 4. The van der Waals surface area contributed by atoms with Gasteiger partial charge in [-0.1, -0.05) is 12.1 Å². The summed E-state index contributed by atoms with van der Waals surface area (Å²) in [6.45, 7) is 1.85. The molecule has 1 aliphatic carbocycles. The van der Waals surface area contributed by atoms with Gasteiger partial charge in [0, 0.05) is 28.1 Å². The lowest BCUT2D eigenvalue weighted by Gasteiger charge is -2.04. The molecule has 132 valence electrons. The third-order valence-corrected chi connectivity index (χ3v) is 4.69. The molecule has 5 heteroatoms. The first-order valence-corrected chi connectivity index (χ1v) is 8.59. The number of ether oxygens (including phenoxy) is 1. The number of hydrogen-bond donors (Lipinski definition) is 1. The van der Waals surface area contributed by atoms with E-state index in [0.717, 1.165) is 29.5 Å². The standard InChI is InChI=1S/C21H19NO4/c1-12-17-11-15(22-21(24)13-6-7-13)8-9-18(17)26-20(12)19(23)14-4-3-5-16(10-14)25-2/h3-5,8-11,13H,6-7H2,1-2H3,(H,22,24). The highest BCUT2D eigenvalue weighted by Crippen LogP contribution is 2.32. The Morgan fingerprint density at radius 3 is 2.69 bits per heavy atom. The van der Waals surface area contributed by atoms with Crippen molar-refractivity contribution in [2.45, 2.75) is 19.8 Å². The summed E-state index contributed by atoms with van der Waals surface area (Å²) in [5.74, 6) is 0.925. The third kappa shape index (κ3) is 2.96. The van der Waals surface area contributed by atoms with E-state index in [1.807, 2.05) is 13.0 Å². The van der Waals surface area contributed by atoms with Gasteiger partial charge in [-0.25, -0.2) is 0 Å². The molecule has 2 aromatic carbocycles. The zero-order valence-corrected chi connectivity index (χ0v) is 14.7. The maximum absolute atomic E-state index is 12.8. The van der Waals surface area contributed by atoms with Crippen molar-refractivity contribution in [3.05, 3.63) is 59.4 Å². The van der Waals surface area contributed by atoms with Crippen molar-refractivity contribution in [1.29, 1.82) is 0 Å². The first kappa shape index (κ1) is 16.4. The summed E-state index contributed by atoms with van der Waals surface area (Å²) in [4.78, 5) is 24.8. The molecule has 4 rings (SSSR count). The molecule has 1 fully saturated rings. The van der Waals surface area contributed by atoms with E-state index < -0.39 is 0 Å². The molecule has 1 aromatic heterocycles. The molecule has 1 amide bonds. The Morgan fingerprint density at radius 2 is 1.96 bits per heavy atom. The van der Waals surface area contributed by atoms with Crippen molar-refractivity contribution >= 4 is 28.3 Å². The van der Waals surface area contributed by atoms with Crippen LogP contribution >= 0.6 is 0 Å². The Labute approximate surface area is 150 Å². The Hall–Kier alpha value is -3.08. The van der Waals surface area contributed by atoms with E-state index in [0.29, 0.717) is 22.7 Å². The molecule has 0 saturated heterocycles. The SMILES string of the molecule is COc1cccc(C(=O)c2oc3ccc(NC(=O)C4CC4)cc3c2C)c1. The van der Waals surface area contributed by atoms with Gasteiger partial charge in [0.25, 0.3) is 0 Å². The van der Waals surface area contributed by atoms with Crippen LogP contribution in [-0.4, -0.2) is 18.8 Å². The first-order valence-electron chi connectivity index (χ1n) is 8.59. The average Bonchev–Trinajstić information content (AvgIpc) is 3.46. The van der Waals surface area contributed by atoms with Gasteiger partial charge in [-0.2, -0.15) is 0 Å². The molecule has 26 heavy (non-hydrogen) atoms. The molecule has 1 N–H and O–H groups in total. The van der Waals surface area contributed by atoms with Crippen LogP contribution in [0.2, 0.25) is 0 Å². The monoisotopic (exact) mass is 349 g/mol. The van der Waals surface area contributed by atoms with Gasteiger partial charge in [0.2, 0.25) is 11.7 Å². The highest BCUT2D eigenvalue weighted by Gasteiger charge is 2.29. The Balaban J connectivity index is 1.68. The molecule has 1 heterocycles. The van der Waals surface area contributed by atoms with Crippen LogP contribution in [0.4, 0.5) is 5.69 Å². The van der Waals surface area contributed by atoms with Crippen LogP contribution in [0.1, 0.15) is 34.5 Å². The summed E-state index contributed by atoms with van der Waals surface area (Å²) >= 11 is 0. The van der Waals surface area contributed by atoms with Gasteiger partial charge in [0.15, 0.2) is 5.76 Å². The molecule has 0 aliphatic heterocycles. The van der Waals surface area contributed by atoms with Crippen LogP contribution < -0.4 is 10.1 Å². The van der Waals surface area contributed by atoms with E-state index in [4.69, 9.17) is 9.15 Å². The van der Waals surface area contributed by atoms with Crippen LogP contribution in [0, 0.1) is 12.8 Å². The quantitative estimate of drug-likeness (QED) is 0.696. The number of rotatable bonds is 5. The van der Waals surface area contributed by atoms with E-state index in [1.54, 1.807) is 43.5 Å². The normalized spacial score (nSPS) is 13.6. The number of anilines is 1. The molecule has 0 spiro atoms. The topological polar surface area (TPSA) is 68.5 Å². The number of carbonyl (C=O) groups is 2. The number of ketones is 1. The zero-order chi connectivity index (χ0) is 18.3. The van der Waals surface area contributed by atoms with Gasteiger partial charge < -0.3 is 14.5 Å². The van der Waals surface area contributed by atoms with E-state index in [1.165, 1.54) is 0 Å². The molecular formula is C21H19NO4. The maximum atomic E-state index is 12.8. The van der Waals surface area contributed by atoms with Crippen molar-refractivity contribution < 1.29 is 18.7 Å². The number of carbonyl (C=O) groups excluding carboxylic acids is 2. The van der Waals surface area contributed by atoms with Crippen LogP contribution in [0.15, 0.2) is 46.9 Å². The molecule has 0 bridgehead atoms. The van der Waals surface area contributed by atoms with Crippen molar-refractivity contribution in [3.8, 4) is 5.75 Å². The summed E-state index contributed by atoms with van der Waals surface area (Å²) in [6.07, 6.45) is 1.91. The van der Waals surface area contributed by atoms with Gasteiger partial charge in [-0.3, -0.25) is 9.59 Å². The van der Waals surface area contributed by atoms with Crippen LogP contribution in [0.25, 0.3) is 11.0 Å². The number of methoxy groups -OCH3 is 1. The molecule has 0 radical (unpaired) electrons. The van der Waals surface area contributed by atoms with E-state index in [-0.39, 0.29) is 17.6 Å². The highest BCUT2D eigenvalue weighted by atomic mass is 16.5. The number of amides is 1. The summed E-state index contributed by atoms with van der Waals surface area (Å²) in [5.41, 5.74) is 2.61. The van der Waals surface area contributed by atoms with E-state index >= 15 is 0 Å². The minimum atomic E-state index is -0.193. The second-order valence-electron chi connectivity index (χ2n) is 6.59. The highest BCUT2D eigenvalue weighted by molar-refractivity contribution is 6.11. The Morgan fingerprint density at radius 1 is 1.15 bits per heavy atom. The smallest absolute Gasteiger partial charge is 0.228 e. The fraction of sp³-hybridized carbons (Fsp3) is 0.238. The minimum Gasteiger partial charge on any atom is -0.497 e. The van der Waals surface area contributed by atoms with Crippen molar-refractivity contribution in [2.24, 2.45) is 5.92 Å². The van der Waals surface area contributed by atoms with Crippen molar-refractivity contribution in [3.63, 3.8) is 0 Å².